The Morgan fingerprint density at radius 1 is 1.36 bits per heavy atom. The fourth-order valence-corrected chi connectivity index (χ4v) is 3.50. The largest absolute Gasteiger partial charge is 0.508 e. The van der Waals surface area contributed by atoms with Crippen molar-refractivity contribution in [3.63, 3.8) is 0 Å². The number of nitrogens with zero attached hydrogens (tertiary/aromatic N) is 2. The number of anilines is 1. The number of carbonyl (C=O) groups is 2. The second-order valence-corrected chi connectivity index (χ2v) is 7.66. The van der Waals surface area contributed by atoms with Crippen molar-refractivity contribution in [2.45, 2.75) is 18.6 Å². The molecule has 0 bridgehead atoms. The monoisotopic (exact) mass is 416 g/mol. The fraction of sp³-hybridized carbons (Fsp3) is 0.158. The van der Waals surface area contributed by atoms with Gasteiger partial charge in [-0.15, -0.1) is 5.10 Å². The van der Waals surface area contributed by atoms with Gasteiger partial charge >= 0.3 is 0 Å². The van der Waals surface area contributed by atoms with Gasteiger partial charge in [0, 0.05) is 17.1 Å². The van der Waals surface area contributed by atoms with Crippen LogP contribution in [0.2, 0.25) is 5.02 Å². The second kappa shape index (κ2) is 8.90. The highest BCUT2D eigenvalue weighted by atomic mass is 35.5. The van der Waals surface area contributed by atoms with Gasteiger partial charge in [0.25, 0.3) is 0 Å². The molecule has 1 saturated heterocycles. The van der Waals surface area contributed by atoms with Crippen molar-refractivity contribution in [1.82, 2.24) is 5.32 Å². The molecule has 1 fully saturated rings. The summed E-state index contributed by atoms with van der Waals surface area (Å²) in [6.45, 7) is 1.87. The quantitative estimate of drug-likeness (QED) is 0.514. The third-order valence-corrected chi connectivity index (χ3v) is 5.31. The van der Waals surface area contributed by atoms with Gasteiger partial charge in [-0.25, -0.2) is 0 Å². The average molecular weight is 417 g/mol. The number of phenols is 1. The highest BCUT2D eigenvalue weighted by Gasteiger charge is 2.32. The van der Waals surface area contributed by atoms with Crippen LogP contribution in [0.15, 0.2) is 52.7 Å². The molecule has 1 unspecified atom stereocenters. The molecule has 1 aliphatic heterocycles. The van der Waals surface area contributed by atoms with E-state index in [-0.39, 0.29) is 24.0 Å². The van der Waals surface area contributed by atoms with Crippen molar-refractivity contribution in [2.75, 3.05) is 5.32 Å². The summed E-state index contributed by atoms with van der Waals surface area (Å²) in [7, 11) is 0. The van der Waals surface area contributed by atoms with Crippen molar-refractivity contribution >= 4 is 52.2 Å². The molecule has 0 saturated carbocycles. The van der Waals surface area contributed by atoms with E-state index >= 15 is 0 Å². The van der Waals surface area contributed by atoms with E-state index in [0.717, 1.165) is 17.3 Å². The molecule has 0 aliphatic carbocycles. The molecular formula is C19H17ClN4O3S. The number of aromatic hydroxyl groups is 1. The normalized spacial score (nSPS) is 17.9. The highest BCUT2D eigenvalue weighted by molar-refractivity contribution is 8.15. The lowest BCUT2D eigenvalue weighted by Gasteiger charge is -2.08. The first-order valence-electron chi connectivity index (χ1n) is 8.34. The second-order valence-electron chi connectivity index (χ2n) is 6.06. The Balaban J connectivity index is 1.56. The van der Waals surface area contributed by atoms with E-state index in [1.807, 2.05) is 13.0 Å². The Morgan fingerprint density at radius 3 is 2.93 bits per heavy atom. The predicted molar refractivity (Wildman–Crippen MR) is 112 cm³/mol. The first-order valence-corrected chi connectivity index (χ1v) is 9.60. The SMILES string of the molecule is Cc1ccc(NC(=O)CC2S/C(=N/N=C\c3cccc(O)c3)NC2=O)cc1Cl. The maximum Gasteiger partial charge on any atom is 0.240 e. The molecule has 2 amide bonds. The van der Waals surface area contributed by atoms with Crippen LogP contribution in [0.5, 0.6) is 5.75 Å². The zero-order valence-electron chi connectivity index (χ0n) is 14.8. The number of nitrogens with one attached hydrogen (secondary N) is 2. The number of benzene rings is 2. The Morgan fingerprint density at radius 2 is 2.18 bits per heavy atom. The van der Waals surface area contributed by atoms with Crippen LogP contribution in [0.25, 0.3) is 0 Å². The minimum atomic E-state index is -0.587. The number of amides is 2. The van der Waals surface area contributed by atoms with Crippen LogP contribution < -0.4 is 10.6 Å². The lowest BCUT2D eigenvalue weighted by atomic mass is 10.2. The number of phenolic OH excluding ortho intramolecular Hbond substituents is 1. The summed E-state index contributed by atoms with van der Waals surface area (Å²) in [5.74, 6) is -0.466. The molecule has 144 valence electrons. The number of rotatable bonds is 5. The molecule has 1 atom stereocenters. The zero-order chi connectivity index (χ0) is 20.1. The van der Waals surface area contributed by atoms with Crippen LogP contribution in [-0.4, -0.2) is 33.6 Å². The first kappa shape index (κ1) is 19.9. The van der Waals surface area contributed by atoms with E-state index in [9.17, 15) is 14.7 Å². The first-order chi connectivity index (χ1) is 13.4. The summed E-state index contributed by atoms with van der Waals surface area (Å²) in [5, 5.41) is 22.9. The minimum Gasteiger partial charge on any atom is -0.508 e. The van der Waals surface area contributed by atoms with Crippen molar-refractivity contribution in [3.8, 4) is 5.75 Å². The van der Waals surface area contributed by atoms with E-state index in [4.69, 9.17) is 11.6 Å². The van der Waals surface area contributed by atoms with Crippen LogP contribution in [-0.2, 0) is 9.59 Å². The van der Waals surface area contributed by atoms with Gasteiger partial charge in [0.05, 0.1) is 6.21 Å². The Bertz CT molecular complexity index is 977. The van der Waals surface area contributed by atoms with E-state index in [2.05, 4.69) is 20.8 Å². The summed E-state index contributed by atoms with van der Waals surface area (Å²) in [4.78, 5) is 24.3. The van der Waals surface area contributed by atoms with E-state index in [1.54, 1.807) is 30.3 Å². The number of halogens is 1. The summed E-state index contributed by atoms with van der Waals surface area (Å²) >= 11 is 7.19. The standard InChI is InChI=1S/C19H17ClN4O3S/c1-11-5-6-13(8-15(11)20)22-17(26)9-16-18(27)23-19(28-16)24-21-10-12-3-2-4-14(25)7-12/h2-8,10,16,25H,9H2,1H3,(H,22,26)(H,23,24,27)/b21-10-. The van der Waals surface area contributed by atoms with Crippen molar-refractivity contribution in [3.05, 3.63) is 58.6 Å². The fourth-order valence-electron chi connectivity index (χ4n) is 2.39. The zero-order valence-corrected chi connectivity index (χ0v) is 16.4. The number of carbonyl (C=O) groups excluding carboxylic acids is 2. The molecule has 0 spiro atoms. The lowest BCUT2D eigenvalue weighted by molar-refractivity contribution is -0.122. The maximum absolute atomic E-state index is 12.2. The molecule has 3 N–H and O–H groups in total. The van der Waals surface area contributed by atoms with Crippen LogP contribution in [0, 0.1) is 6.92 Å². The number of aryl methyl sites for hydroxylation is 1. The topological polar surface area (TPSA) is 103 Å². The molecule has 0 radical (unpaired) electrons. The molecule has 0 aromatic heterocycles. The number of hydrogen-bond acceptors (Lipinski definition) is 6. The minimum absolute atomic E-state index is 0.00269. The lowest BCUT2D eigenvalue weighted by Crippen LogP contribution is -2.28. The molecule has 1 heterocycles. The van der Waals surface area contributed by atoms with Crippen LogP contribution in [0.1, 0.15) is 17.5 Å². The van der Waals surface area contributed by atoms with Gasteiger partial charge < -0.3 is 15.7 Å². The third kappa shape index (κ3) is 5.34. The van der Waals surface area contributed by atoms with Gasteiger partial charge in [0.1, 0.15) is 11.0 Å². The maximum atomic E-state index is 12.2. The van der Waals surface area contributed by atoms with E-state index in [1.165, 1.54) is 12.3 Å². The Kier molecular flexibility index (Phi) is 6.33. The molecule has 7 nitrogen and oxygen atoms in total. The average Bonchev–Trinajstić information content (AvgIpc) is 2.97. The van der Waals surface area contributed by atoms with Crippen molar-refractivity contribution in [2.24, 2.45) is 10.2 Å². The van der Waals surface area contributed by atoms with Gasteiger partial charge in [0.15, 0.2) is 5.17 Å². The number of amidine groups is 1. The van der Waals surface area contributed by atoms with Gasteiger partial charge in [-0.1, -0.05) is 41.6 Å². The smallest absolute Gasteiger partial charge is 0.240 e. The number of thioether (sulfide) groups is 1. The van der Waals surface area contributed by atoms with E-state index in [0.29, 0.717) is 21.4 Å². The molecule has 2 aromatic carbocycles. The van der Waals surface area contributed by atoms with Crippen molar-refractivity contribution in [1.29, 1.82) is 0 Å². The van der Waals surface area contributed by atoms with Crippen molar-refractivity contribution < 1.29 is 14.7 Å². The van der Waals surface area contributed by atoms with Crippen LogP contribution in [0.4, 0.5) is 5.69 Å². The highest BCUT2D eigenvalue weighted by Crippen LogP contribution is 2.24. The molecule has 9 heteroatoms. The van der Waals surface area contributed by atoms with E-state index < -0.39 is 5.25 Å². The number of hydrogen-bond donors (Lipinski definition) is 3. The summed E-state index contributed by atoms with van der Waals surface area (Å²) in [6.07, 6.45) is 1.46. The summed E-state index contributed by atoms with van der Waals surface area (Å²) in [5.41, 5.74) is 2.16. The van der Waals surface area contributed by atoms with Crippen LogP contribution >= 0.6 is 23.4 Å². The molecule has 28 heavy (non-hydrogen) atoms. The summed E-state index contributed by atoms with van der Waals surface area (Å²) in [6, 6.07) is 11.8. The third-order valence-electron chi connectivity index (χ3n) is 3.83. The summed E-state index contributed by atoms with van der Waals surface area (Å²) < 4.78 is 0. The molecule has 2 aromatic rings. The van der Waals surface area contributed by atoms with Gasteiger partial charge in [-0.05, 0) is 42.3 Å². The molecule has 1 aliphatic rings. The Hall–Kier alpha value is -2.84. The Labute approximate surface area is 170 Å². The van der Waals surface area contributed by atoms with Gasteiger partial charge in [-0.3, -0.25) is 9.59 Å². The van der Waals surface area contributed by atoms with Gasteiger partial charge in [-0.2, -0.15) is 5.10 Å². The molecule has 3 rings (SSSR count). The molecular weight excluding hydrogens is 400 g/mol. The van der Waals surface area contributed by atoms with Gasteiger partial charge in [0.2, 0.25) is 11.8 Å². The van der Waals surface area contributed by atoms with Crippen LogP contribution in [0.3, 0.4) is 0 Å². The predicted octanol–water partition coefficient (Wildman–Crippen LogP) is 3.30.